The largest absolute Gasteiger partial charge is 0.409 e. The first-order chi connectivity index (χ1) is 10.2. The fraction of sp³-hybridized carbons (Fsp3) is 0. The third kappa shape index (κ3) is 2.81. The van der Waals surface area contributed by atoms with Crippen LogP contribution < -0.4 is 5.73 Å². The summed E-state index contributed by atoms with van der Waals surface area (Å²) in [4.78, 5) is 8.55. The van der Waals surface area contributed by atoms with Crippen molar-refractivity contribution in [2.24, 2.45) is 10.9 Å². The number of oxime groups is 1. The van der Waals surface area contributed by atoms with Gasteiger partial charge in [-0.2, -0.15) is 0 Å². The van der Waals surface area contributed by atoms with Crippen LogP contribution in [0.5, 0.6) is 0 Å². The lowest BCUT2D eigenvalue weighted by atomic mass is 10.2. The Hall–Kier alpha value is -2.18. The maximum absolute atomic E-state index is 8.66. The zero-order chi connectivity index (χ0) is 14.8. The summed E-state index contributed by atoms with van der Waals surface area (Å²) in [6, 6.07) is 13.0. The molecular formula is C14H11ClN4OS. The number of para-hydroxylation sites is 2. The van der Waals surface area contributed by atoms with Crippen molar-refractivity contribution < 1.29 is 5.21 Å². The fourth-order valence-electron chi connectivity index (χ4n) is 1.88. The molecule has 2 aromatic carbocycles. The fourth-order valence-corrected chi connectivity index (χ4v) is 2.98. The van der Waals surface area contributed by atoms with Gasteiger partial charge in [0, 0.05) is 10.5 Å². The maximum Gasteiger partial charge on any atom is 0.171 e. The third-order valence-electron chi connectivity index (χ3n) is 2.91. The molecule has 0 saturated carbocycles. The molecule has 0 radical (unpaired) electrons. The number of aromatic nitrogens is 2. The van der Waals surface area contributed by atoms with Crippen molar-refractivity contribution in [1.29, 1.82) is 0 Å². The molecular weight excluding hydrogens is 308 g/mol. The van der Waals surface area contributed by atoms with E-state index in [0.717, 1.165) is 21.1 Å². The number of H-pyrrole nitrogens is 1. The van der Waals surface area contributed by atoms with Crippen LogP contribution in [0.25, 0.3) is 11.0 Å². The predicted octanol–water partition coefficient (Wildman–Crippen LogP) is 3.46. The van der Waals surface area contributed by atoms with E-state index in [1.165, 1.54) is 11.8 Å². The second kappa shape index (κ2) is 5.67. The number of fused-ring (bicyclic) bond motifs is 1. The van der Waals surface area contributed by atoms with Crippen molar-refractivity contribution in [2.75, 3.05) is 0 Å². The Kier molecular flexibility index (Phi) is 3.72. The van der Waals surface area contributed by atoms with Gasteiger partial charge in [-0.1, -0.05) is 40.7 Å². The standard InChI is InChI=1S/C14H11ClN4OS/c15-9-7-8(13(16)19-20)5-6-12(9)21-14-17-10-3-1-2-4-11(10)18-14/h1-7,20H,(H2,16,19)(H,17,18). The number of hydrogen-bond acceptors (Lipinski definition) is 4. The molecule has 106 valence electrons. The molecule has 3 aromatic rings. The van der Waals surface area contributed by atoms with E-state index in [2.05, 4.69) is 15.1 Å². The topological polar surface area (TPSA) is 87.3 Å². The van der Waals surface area contributed by atoms with Crippen LogP contribution in [0.4, 0.5) is 0 Å². The molecule has 0 aliphatic rings. The van der Waals surface area contributed by atoms with Crippen LogP contribution in [0.15, 0.2) is 57.7 Å². The van der Waals surface area contributed by atoms with Crippen LogP contribution in [-0.2, 0) is 0 Å². The van der Waals surface area contributed by atoms with Gasteiger partial charge in [-0.05, 0) is 30.3 Å². The maximum atomic E-state index is 8.66. The minimum atomic E-state index is 0.0252. The van der Waals surface area contributed by atoms with Gasteiger partial charge in [-0.25, -0.2) is 4.98 Å². The predicted molar refractivity (Wildman–Crippen MR) is 84.2 cm³/mol. The van der Waals surface area contributed by atoms with Crippen molar-refractivity contribution in [3.8, 4) is 0 Å². The van der Waals surface area contributed by atoms with Crippen molar-refractivity contribution >= 4 is 40.2 Å². The van der Waals surface area contributed by atoms with E-state index in [0.29, 0.717) is 10.6 Å². The minimum Gasteiger partial charge on any atom is -0.409 e. The molecule has 4 N–H and O–H groups in total. The molecule has 7 heteroatoms. The number of amidine groups is 1. The Balaban J connectivity index is 1.91. The number of nitrogens with two attached hydrogens (primary N) is 1. The summed E-state index contributed by atoms with van der Waals surface area (Å²) in [5.74, 6) is 0.0252. The molecule has 0 bridgehead atoms. The van der Waals surface area contributed by atoms with Crippen molar-refractivity contribution in [1.82, 2.24) is 9.97 Å². The van der Waals surface area contributed by atoms with Crippen LogP contribution in [-0.4, -0.2) is 21.0 Å². The Morgan fingerprint density at radius 2 is 2.10 bits per heavy atom. The number of rotatable bonds is 3. The van der Waals surface area contributed by atoms with E-state index in [-0.39, 0.29) is 5.84 Å². The average molecular weight is 319 g/mol. The van der Waals surface area contributed by atoms with Crippen molar-refractivity contribution in [3.63, 3.8) is 0 Å². The molecule has 0 aliphatic carbocycles. The number of nitrogens with one attached hydrogen (secondary N) is 1. The zero-order valence-corrected chi connectivity index (χ0v) is 12.3. The molecule has 1 heterocycles. The van der Waals surface area contributed by atoms with E-state index in [1.54, 1.807) is 12.1 Å². The van der Waals surface area contributed by atoms with Crippen molar-refractivity contribution in [3.05, 3.63) is 53.1 Å². The molecule has 0 unspecified atom stereocenters. The number of aromatic amines is 1. The second-order valence-corrected chi connectivity index (χ2v) is 5.73. The number of halogens is 1. The Labute approximate surface area is 129 Å². The van der Waals surface area contributed by atoms with Gasteiger partial charge in [0.2, 0.25) is 0 Å². The molecule has 0 amide bonds. The minimum absolute atomic E-state index is 0.0252. The Bertz CT molecular complexity index is 798. The van der Waals surface area contributed by atoms with Crippen LogP contribution in [0.1, 0.15) is 5.56 Å². The van der Waals surface area contributed by atoms with Crippen LogP contribution >= 0.6 is 23.4 Å². The molecule has 0 atom stereocenters. The highest BCUT2D eigenvalue weighted by molar-refractivity contribution is 7.99. The Morgan fingerprint density at radius 3 is 2.81 bits per heavy atom. The number of benzene rings is 2. The smallest absolute Gasteiger partial charge is 0.171 e. The first kappa shape index (κ1) is 13.8. The summed E-state index contributed by atoms with van der Waals surface area (Å²) < 4.78 is 0. The van der Waals surface area contributed by atoms with Crippen LogP contribution in [0.3, 0.4) is 0 Å². The van der Waals surface area contributed by atoms with Gasteiger partial charge < -0.3 is 15.9 Å². The van der Waals surface area contributed by atoms with Gasteiger partial charge in [0.15, 0.2) is 11.0 Å². The molecule has 1 aromatic heterocycles. The van der Waals surface area contributed by atoms with Gasteiger partial charge in [0.25, 0.3) is 0 Å². The highest BCUT2D eigenvalue weighted by Crippen LogP contribution is 2.33. The molecule has 3 rings (SSSR count). The summed E-state index contributed by atoms with van der Waals surface area (Å²) >= 11 is 7.65. The number of hydrogen-bond donors (Lipinski definition) is 3. The summed E-state index contributed by atoms with van der Waals surface area (Å²) in [5.41, 5.74) is 7.98. The highest BCUT2D eigenvalue weighted by Gasteiger charge is 2.09. The number of nitrogens with zero attached hydrogens (tertiary/aromatic N) is 2. The summed E-state index contributed by atoms with van der Waals surface area (Å²) in [5, 5.41) is 12.9. The molecule has 0 fully saturated rings. The summed E-state index contributed by atoms with van der Waals surface area (Å²) in [6.07, 6.45) is 0. The zero-order valence-electron chi connectivity index (χ0n) is 10.7. The summed E-state index contributed by atoms with van der Waals surface area (Å²) in [7, 11) is 0. The second-order valence-electron chi connectivity index (χ2n) is 4.29. The van der Waals surface area contributed by atoms with Gasteiger partial charge >= 0.3 is 0 Å². The van der Waals surface area contributed by atoms with Crippen LogP contribution in [0, 0.1) is 0 Å². The number of imidazole rings is 1. The van der Waals surface area contributed by atoms with Crippen molar-refractivity contribution in [2.45, 2.75) is 10.1 Å². The highest BCUT2D eigenvalue weighted by atomic mass is 35.5. The summed E-state index contributed by atoms with van der Waals surface area (Å²) in [6.45, 7) is 0. The third-order valence-corrected chi connectivity index (χ3v) is 4.30. The SMILES string of the molecule is NC(=NO)c1ccc(Sc2nc3ccccc3[nH]2)c(Cl)c1. The van der Waals surface area contributed by atoms with E-state index in [4.69, 9.17) is 22.5 Å². The monoisotopic (exact) mass is 318 g/mol. The van der Waals surface area contributed by atoms with Gasteiger partial charge in [0.05, 0.1) is 16.1 Å². The Morgan fingerprint density at radius 1 is 1.29 bits per heavy atom. The lowest BCUT2D eigenvalue weighted by molar-refractivity contribution is 0.318. The molecule has 0 saturated heterocycles. The van der Waals surface area contributed by atoms with E-state index in [1.807, 2.05) is 30.3 Å². The lowest BCUT2D eigenvalue weighted by Crippen LogP contribution is -2.12. The van der Waals surface area contributed by atoms with Gasteiger partial charge in [-0.3, -0.25) is 0 Å². The first-order valence-corrected chi connectivity index (χ1v) is 7.27. The normalized spacial score (nSPS) is 12.0. The van der Waals surface area contributed by atoms with E-state index in [9.17, 15) is 0 Å². The van der Waals surface area contributed by atoms with E-state index >= 15 is 0 Å². The average Bonchev–Trinajstić information content (AvgIpc) is 2.90. The quantitative estimate of drug-likeness (QED) is 0.299. The molecule has 21 heavy (non-hydrogen) atoms. The van der Waals surface area contributed by atoms with Crippen LogP contribution in [0.2, 0.25) is 5.02 Å². The van der Waals surface area contributed by atoms with Gasteiger partial charge in [-0.15, -0.1) is 0 Å². The molecule has 5 nitrogen and oxygen atoms in total. The van der Waals surface area contributed by atoms with E-state index < -0.39 is 0 Å². The lowest BCUT2D eigenvalue weighted by Gasteiger charge is -2.04. The molecule has 0 aliphatic heterocycles. The van der Waals surface area contributed by atoms with Gasteiger partial charge in [0.1, 0.15) is 0 Å². The molecule has 0 spiro atoms. The first-order valence-electron chi connectivity index (χ1n) is 6.07.